The minimum atomic E-state index is -0.656. The Kier molecular flexibility index (Phi) is 16.4. The summed E-state index contributed by atoms with van der Waals surface area (Å²) in [6, 6.07) is 35.1. The normalized spacial score (nSPS) is 24.7. The fraction of sp³-hybridized carbons (Fsp3) is 0.459. The van der Waals surface area contributed by atoms with Crippen LogP contribution in [0.5, 0.6) is 5.75 Å². The van der Waals surface area contributed by atoms with Gasteiger partial charge in [-0.05, 0) is 139 Å². The third-order valence-electron chi connectivity index (χ3n) is 16.3. The number of nitriles is 1. The molecule has 0 spiro atoms. The maximum atomic E-state index is 14.1. The van der Waals surface area contributed by atoms with Crippen LogP contribution in [0.1, 0.15) is 139 Å². The van der Waals surface area contributed by atoms with E-state index in [9.17, 15) is 29.5 Å². The number of nitrogens with zero attached hydrogens (tertiary/aromatic N) is 1. The van der Waals surface area contributed by atoms with E-state index in [2.05, 4.69) is 47.6 Å². The Morgan fingerprint density at radius 3 is 1.99 bits per heavy atom. The Balaban J connectivity index is 1.06. The van der Waals surface area contributed by atoms with Crippen LogP contribution >= 0.6 is 0 Å². The van der Waals surface area contributed by atoms with Gasteiger partial charge in [-0.25, -0.2) is 9.59 Å². The summed E-state index contributed by atoms with van der Waals surface area (Å²) in [4.78, 5) is 53.2. The Morgan fingerprint density at radius 2 is 1.39 bits per heavy atom. The fourth-order valence-corrected chi connectivity index (χ4v) is 12.7. The van der Waals surface area contributed by atoms with Crippen molar-refractivity contribution in [3.63, 3.8) is 0 Å². The maximum absolute atomic E-state index is 14.1. The molecule has 0 radical (unpaired) electrons. The Morgan fingerprint density at radius 1 is 0.775 bits per heavy atom. The van der Waals surface area contributed by atoms with Gasteiger partial charge in [0.2, 0.25) is 0 Å². The number of hydrogen-bond donors (Lipinski definition) is 1. The lowest BCUT2D eigenvalue weighted by Crippen LogP contribution is -2.55. The molecule has 71 heavy (non-hydrogen) atoms. The molecule has 3 saturated carbocycles. The first-order valence-electron chi connectivity index (χ1n) is 25.4. The first kappa shape index (κ1) is 52.4. The predicted octanol–water partition coefficient (Wildman–Crippen LogP) is 12.9. The molecule has 9 atom stereocenters. The standard InChI is InChI=1S/C61H71NO9/c1-39(19-30-54(65)68-8)48-28-29-50-57-49(31-34-61(48,50)7)60(6,36-40(2)70-58(67)47(37-62)56(43-15-11-9-12-16-43)44-17-13-10-14-18-44)33-32-53(57)71-55(66)38-69-46-26-22-42(23-27-46)52(64)35-51(63)41-20-24-45(25-21-41)59(3,4)5/h9-18,20-27,35,39-40,48-50,53,57,63H,19,28-34,36,38H2,1-8H3/b51-35-/t39?,40?,48?,49?,50-,53-,57-,60?,61?/m0/s1. The summed E-state index contributed by atoms with van der Waals surface area (Å²) in [5, 5.41) is 21.2. The number of ketones is 1. The Hall–Kier alpha value is -6.47. The van der Waals surface area contributed by atoms with E-state index in [1.807, 2.05) is 79.7 Å². The van der Waals surface area contributed by atoms with Crippen molar-refractivity contribution < 1.29 is 43.2 Å². The van der Waals surface area contributed by atoms with Gasteiger partial charge in [0.25, 0.3) is 0 Å². The van der Waals surface area contributed by atoms with Crippen molar-refractivity contribution in [3.8, 4) is 11.8 Å². The number of fused-ring (bicyclic) bond motifs is 3. The molecule has 10 nitrogen and oxygen atoms in total. The second kappa shape index (κ2) is 22.3. The number of hydrogen-bond acceptors (Lipinski definition) is 10. The molecule has 0 aromatic heterocycles. The highest BCUT2D eigenvalue weighted by atomic mass is 16.6. The van der Waals surface area contributed by atoms with Crippen LogP contribution in [0.4, 0.5) is 0 Å². The highest BCUT2D eigenvalue weighted by molar-refractivity contribution is 6.08. The number of allylic oxidation sites excluding steroid dienone is 1. The molecule has 3 aliphatic carbocycles. The van der Waals surface area contributed by atoms with Crippen LogP contribution in [-0.2, 0) is 34.0 Å². The van der Waals surface area contributed by atoms with E-state index in [0.29, 0.717) is 53.5 Å². The molecule has 4 aromatic rings. The number of ether oxygens (including phenoxy) is 4. The van der Waals surface area contributed by atoms with Gasteiger partial charge in [0.1, 0.15) is 29.3 Å². The quantitative estimate of drug-likeness (QED) is 0.0271. The predicted molar refractivity (Wildman–Crippen MR) is 275 cm³/mol. The molecule has 3 fully saturated rings. The zero-order valence-corrected chi connectivity index (χ0v) is 42.7. The van der Waals surface area contributed by atoms with Gasteiger partial charge in [-0.2, -0.15) is 5.26 Å². The molecule has 3 aliphatic rings. The van der Waals surface area contributed by atoms with Crippen molar-refractivity contribution in [1.29, 1.82) is 5.26 Å². The largest absolute Gasteiger partial charge is 0.507 e. The summed E-state index contributed by atoms with van der Waals surface area (Å²) >= 11 is 0. The van der Waals surface area contributed by atoms with E-state index >= 15 is 0 Å². The van der Waals surface area contributed by atoms with Crippen molar-refractivity contribution in [2.45, 2.75) is 124 Å². The second-order valence-electron chi connectivity index (χ2n) is 21.9. The summed E-state index contributed by atoms with van der Waals surface area (Å²) in [5.74, 6) is -0.254. The summed E-state index contributed by atoms with van der Waals surface area (Å²) in [7, 11) is 1.43. The molecular weight excluding hydrogens is 891 g/mol. The summed E-state index contributed by atoms with van der Waals surface area (Å²) in [6.45, 7) is 14.9. The fourth-order valence-electron chi connectivity index (χ4n) is 12.7. The van der Waals surface area contributed by atoms with Crippen LogP contribution < -0.4 is 4.74 Å². The first-order valence-corrected chi connectivity index (χ1v) is 25.4. The van der Waals surface area contributed by atoms with Gasteiger partial charge >= 0.3 is 17.9 Å². The smallest absolute Gasteiger partial charge is 0.349 e. The van der Waals surface area contributed by atoms with Crippen molar-refractivity contribution in [2.24, 2.45) is 40.4 Å². The first-order chi connectivity index (χ1) is 33.8. The Bertz CT molecular complexity index is 2580. The number of aliphatic hydroxyl groups is 1. The molecule has 6 unspecified atom stereocenters. The average molecular weight is 962 g/mol. The minimum absolute atomic E-state index is 0.0337. The van der Waals surface area contributed by atoms with Gasteiger partial charge in [0, 0.05) is 35.1 Å². The molecule has 0 heterocycles. The number of carbonyl (C=O) groups is 4. The van der Waals surface area contributed by atoms with Gasteiger partial charge in [-0.15, -0.1) is 0 Å². The molecule has 0 bridgehead atoms. The third-order valence-corrected chi connectivity index (χ3v) is 16.3. The number of esters is 3. The van der Waals surface area contributed by atoms with Crippen LogP contribution in [0.3, 0.4) is 0 Å². The number of aliphatic hydroxyl groups excluding tert-OH is 1. The second-order valence-corrected chi connectivity index (χ2v) is 21.9. The van der Waals surface area contributed by atoms with Gasteiger partial charge in [0.05, 0.1) is 13.2 Å². The van der Waals surface area contributed by atoms with Crippen LogP contribution in [0.25, 0.3) is 11.3 Å². The topological polar surface area (TPSA) is 149 Å². The highest BCUT2D eigenvalue weighted by Crippen LogP contribution is 2.67. The molecule has 0 aliphatic heterocycles. The van der Waals surface area contributed by atoms with E-state index in [1.54, 1.807) is 36.4 Å². The summed E-state index contributed by atoms with van der Waals surface area (Å²) in [6.07, 6.45) is 7.35. The Labute approximate surface area is 420 Å². The lowest BCUT2D eigenvalue weighted by molar-refractivity contribution is -0.180. The van der Waals surface area contributed by atoms with Gasteiger partial charge in [-0.1, -0.05) is 126 Å². The zero-order valence-electron chi connectivity index (χ0n) is 42.7. The zero-order chi connectivity index (χ0) is 51.1. The van der Waals surface area contributed by atoms with Crippen LogP contribution in [-0.4, -0.2) is 54.7 Å². The van der Waals surface area contributed by atoms with Crippen LogP contribution in [0, 0.1) is 51.8 Å². The summed E-state index contributed by atoms with van der Waals surface area (Å²) in [5.41, 5.74) is 3.68. The molecule has 4 aromatic carbocycles. The number of benzene rings is 4. The molecule has 0 amide bonds. The van der Waals surface area contributed by atoms with E-state index in [1.165, 1.54) is 13.2 Å². The lowest BCUT2D eigenvalue weighted by atomic mass is 9.47. The van der Waals surface area contributed by atoms with E-state index in [4.69, 9.17) is 18.9 Å². The van der Waals surface area contributed by atoms with Crippen molar-refractivity contribution >= 4 is 35.0 Å². The molecule has 374 valence electrons. The third kappa shape index (κ3) is 12.0. The number of methoxy groups -OCH3 is 1. The van der Waals surface area contributed by atoms with Crippen molar-refractivity contribution in [1.82, 2.24) is 0 Å². The lowest BCUT2D eigenvalue weighted by Gasteiger charge is -2.59. The van der Waals surface area contributed by atoms with Gasteiger partial charge < -0.3 is 24.1 Å². The number of rotatable bonds is 17. The SMILES string of the molecule is COC(=O)CCC(C)C1CC[C@H]2[C@@H]3C(CCC12C)C(C)(CC(C)OC(=O)C(C#N)=C(c1ccccc1)c1ccccc1)CC[C@@H]3OC(=O)COc1ccc(C(=O)/C=C(\O)c2ccc(C(C)(C)C)cc2)cc1. The van der Waals surface area contributed by atoms with Crippen molar-refractivity contribution in [3.05, 3.63) is 149 Å². The molecule has 7 rings (SSSR count). The monoisotopic (exact) mass is 962 g/mol. The van der Waals surface area contributed by atoms with E-state index < -0.39 is 18.0 Å². The summed E-state index contributed by atoms with van der Waals surface area (Å²) < 4.78 is 23.6. The van der Waals surface area contributed by atoms with Crippen LogP contribution in [0.2, 0.25) is 0 Å². The van der Waals surface area contributed by atoms with E-state index in [-0.39, 0.29) is 69.8 Å². The van der Waals surface area contributed by atoms with Gasteiger partial charge in [-0.3, -0.25) is 9.59 Å². The molecule has 10 heteroatoms. The van der Waals surface area contributed by atoms with Crippen LogP contribution in [0.15, 0.2) is 121 Å². The molecule has 0 saturated heterocycles. The maximum Gasteiger partial charge on any atom is 0.349 e. The number of carbonyl (C=O) groups excluding carboxylic acids is 4. The minimum Gasteiger partial charge on any atom is -0.507 e. The van der Waals surface area contributed by atoms with Crippen molar-refractivity contribution in [2.75, 3.05) is 13.7 Å². The van der Waals surface area contributed by atoms with E-state index in [0.717, 1.165) is 55.2 Å². The van der Waals surface area contributed by atoms with Gasteiger partial charge in [0.15, 0.2) is 12.4 Å². The molecule has 1 N–H and O–H groups in total. The average Bonchev–Trinajstić information content (AvgIpc) is 3.72. The highest BCUT2D eigenvalue weighted by Gasteiger charge is 2.61. The molecular formula is C61H71NO9.